The first kappa shape index (κ1) is 23.4. The van der Waals surface area contributed by atoms with Crippen LogP contribution >= 0.6 is 15.9 Å². The number of aromatic nitrogens is 1. The molecule has 5 nitrogen and oxygen atoms in total. The molecule has 0 spiro atoms. The number of rotatable bonds is 3. The van der Waals surface area contributed by atoms with Crippen molar-refractivity contribution in [2.75, 3.05) is 0 Å². The zero-order valence-corrected chi connectivity index (χ0v) is 22.9. The first-order valence-electron chi connectivity index (χ1n) is 12.9. The van der Waals surface area contributed by atoms with Crippen LogP contribution in [0.25, 0.3) is 5.69 Å². The van der Waals surface area contributed by atoms with Gasteiger partial charge in [-0.2, -0.15) is 10.1 Å². The predicted octanol–water partition coefficient (Wildman–Crippen LogP) is 6.39. The fourth-order valence-electron chi connectivity index (χ4n) is 6.93. The number of amides is 2. The first-order valence-corrected chi connectivity index (χ1v) is 13.7. The number of hydrogen-bond acceptors (Lipinski definition) is 3. The van der Waals surface area contributed by atoms with Gasteiger partial charge in [0.15, 0.2) is 0 Å². The molecule has 3 aromatic carbocycles. The van der Waals surface area contributed by atoms with E-state index < -0.39 is 11.8 Å². The van der Waals surface area contributed by atoms with Gasteiger partial charge in [0.1, 0.15) is 0 Å². The number of carbonyl (C=O) groups is 2. The lowest BCUT2D eigenvalue weighted by atomic mass is 9.55. The minimum atomic E-state index is -0.424. The predicted molar refractivity (Wildman–Crippen MR) is 151 cm³/mol. The Hall–Kier alpha value is -3.77. The summed E-state index contributed by atoms with van der Waals surface area (Å²) < 4.78 is 3.21. The van der Waals surface area contributed by atoms with Crippen LogP contribution in [0.2, 0.25) is 0 Å². The van der Waals surface area contributed by atoms with Gasteiger partial charge in [0.05, 0.1) is 18.1 Å². The van der Waals surface area contributed by atoms with Crippen molar-refractivity contribution in [3.63, 3.8) is 0 Å². The number of hydrogen-bond donors (Lipinski definition) is 0. The quantitative estimate of drug-likeness (QED) is 0.214. The zero-order chi connectivity index (χ0) is 26.3. The lowest BCUT2D eigenvalue weighted by Crippen LogP contribution is -2.41. The number of halogens is 1. The Balaban J connectivity index is 1.26. The molecule has 1 saturated heterocycles. The Morgan fingerprint density at radius 3 is 1.79 bits per heavy atom. The Morgan fingerprint density at radius 2 is 1.29 bits per heavy atom. The molecule has 4 aromatic rings. The molecule has 38 heavy (non-hydrogen) atoms. The topological polar surface area (TPSA) is 54.7 Å². The van der Waals surface area contributed by atoms with Gasteiger partial charge < -0.3 is 4.57 Å². The number of carbonyl (C=O) groups excluding carboxylic acids is 2. The molecule has 4 aliphatic rings. The molecule has 2 amide bonds. The SMILES string of the molecule is Cc1ccc(-n2c(C)cc(/C=N\N3C(=O)[C@@H]4C5c6ccccc6C(c6ccccc65)[C@@H]4C3=O)c2C)cc1Br. The van der Waals surface area contributed by atoms with Gasteiger partial charge in [0.25, 0.3) is 11.8 Å². The second-order valence-electron chi connectivity index (χ2n) is 10.6. The van der Waals surface area contributed by atoms with Gasteiger partial charge in [-0.15, -0.1) is 0 Å². The molecule has 1 fully saturated rings. The molecule has 6 heteroatoms. The standard InChI is InChI=1S/C32H26BrN3O2/c1-17-12-13-21(15-26(17)33)35-18(2)14-20(19(35)3)16-34-36-31(37)29-27-22-8-4-5-9-23(22)28(30(29)32(36)38)25-11-7-6-10-24(25)27/h4-16,27-30H,1-3H3/b34-16-/t27?,28?,29-,30+. The summed E-state index contributed by atoms with van der Waals surface area (Å²) in [5.41, 5.74) is 9.80. The molecule has 0 N–H and O–H groups in total. The molecule has 1 aromatic heterocycles. The van der Waals surface area contributed by atoms with E-state index in [1.807, 2.05) is 44.2 Å². The van der Waals surface area contributed by atoms with Crippen LogP contribution in [0.5, 0.6) is 0 Å². The highest BCUT2D eigenvalue weighted by atomic mass is 79.9. The second-order valence-corrected chi connectivity index (χ2v) is 11.4. The number of hydrazone groups is 1. The lowest BCUT2D eigenvalue weighted by molar-refractivity contribution is -0.139. The molecule has 8 rings (SSSR count). The normalized spacial score (nSPS) is 23.2. The van der Waals surface area contributed by atoms with Crippen LogP contribution in [0.3, 0.4) is 0 Å². The molecular weight excluding hydrogens is 538 g/mol. The Morgan fingerprint density at radius 1 is 0.763 bits per heavy atom. The number of aryl methyl sites for hydroxylation is 2. The van der Waals surface area contributed by atoms with E-state index in [1.165, 1.54) is 5.56 Å². The maximum atomic E-state index is 13.8. The van der Waals surface area contributed by atoms with Crippen molar-refractivity contribution < 1.29 is 9.59 Å². The van der Waals surface area contributed by atoms with Crippen LogP contribution < -0.4 is 0 Å². The zero-order valence-electron chi connectivity index (χ0n) is 21.4. The van der Waals surface area contributed by atoms with E-state index in [0.717, 1.165) is 54.4 Å². The average Bonchev–Trinajstić information content (AvgIpc) is 3.35. The molecule has 1 aliphatic heterocycles. The number of nitrogens with zero attached hydrogens (tertiary/aromatic N) is 3. The van der Waals surface area contributed by atoms with Crippen molar-refractivity contribution in [1.29, 1.82) is 0 Å². The minimum Gasteiger partial charge on any atom is -0.318 e. The van der Waals surface area contributed by atoms with Crippen LogP contribution in [0.15, 0.2) is 82.4 Å². The third-order valence-electron chi connectivity index (χ3n) is 8.62. The van der Waals surface area contributed by atoms with Gasteiger partial charge in [-0.1, -0.05) is 70.5 Å². The van der Waals surface area contributed by atoms with E-state index in [4.69, 9.17) is 0 Å². The van der Waals surface area contributed by atoms with Gasteiger partial charge in [-0.05, 0) is 66.8 Å². The summed E-state index contributed by atoms with van der Waals surface area (Å²) in [6.07, 6.45) is 1.66. The maximum Gasteiger partial charge on any atom is 0.254 e. The van der Waals surface area contributed by atoms with E-state index in [-0.39, 0.29) is 23.7 Å². The molecule has 0 saturated carbocycles. The van der Waals surface area contributed by atoms with Crippen LogP contribution in [0, 0.1) is 32.6 Å². The van der Waals surface area contributed by atoms with Gasteiger partial charge in [-0.25, -0.2) is 0 Å². The van der Waals surface area contributed by atoms with Gasteiger partial charge >= 0.3 is 0 Å². The number of benzene rings is 3. The Kier molecular flexibility index (Phi) is 5.14. The van der Waals surface area contributed by atoms with Crippen molar-refractivity contribution in [3.05, 3.63) is 122 Å². The van der Waals surface area contributed by atoms with E-state index in [9.17, 15) is 9.59 Å². The van der Waals surface area contributed by atoms with Crippen molar-refractivity contribution in [3.8, 4) is 5.69 Å². The van der Waals surface area contributed by atoms with Crippen LogP contribution in [-0.2, 0) is 9.59 Å². The molecule has 188 valence electrons. The summed E-state index contributed by atoms with van der Waals surface area (Å²) in [4.78, 5) is 27.6. The summed E-state index contributed by atoms with van der Waals surface area (Å²) >= 11 is 3.63. The van der Waals surface area contributed by atoms with Gasteiger partial charge in [0, 0.05) is 38.9 Å². The second kappa shape index (κ2) is 8.37. The van der Waals surface area contributed by atoms with Crippen LogP contribution in [0.1, 0.15) is 56.6 Å². The van der Waals surface area contributed by atoms with Gasteiger partial charge in [0.2, 0.25) is 0 Å². The molecule has 2 bridgehead atoms. The molecular formula is C32H26BrN3O2. The molecule has 0 unspecified atom stereocenters. The largest absolute Gasteiger partial charge is 0.318 e. The third kappa shape index (κ3) is 3.13. The van der Waals surface area contributed by atoms with Crippen molar-refractivity contribution in [2.45, 2.75) is 32.6 Å². The molecule has 2 atom stereocenters. The summed E-state index contributed by atoms with van der Waals surface area (Å²) in [6, 6.07) is 24.9. The third-order valence-corrected chi connectivity index (χ3v) is 9.48. The van der Waals surface area contributed by atoms with Gasteiger partial charge in [-0.3, -0.25) is 9.59 Å². The van der Waals surface area contributed by atoms with E-state index >= 15 is 0 Å². The lowest BCUT2D eigenvalue weighted by Gasteiger charge is -2.45. The highest BCUT2D eigenvalue weighted by Crippen LogP contribution is 2.60. The fraction of sp³-hybridized carbons (Fsp3) is 0.219. The summed E-state index contributed by atoms with van der Waals surface area (Å²) in [6.45, 7) is 6.14. The average molecular weight is 564 g/mol. The molecule has 2 heterocycles. The summed E-state index contributed by atoms with van der Waals surface area (Å²) in [5.74, 6) is -1.50. The molecule has 3 aliphatic carbocycles. The minimum absolute atomic E-state index is 0.126. The molecule has 0 radical (unpaired) electrons. The smallest absolute Gasteiger partial charge is 0.254 e. The highest BCUT2D eigenvalue weighted by molar-refractivity contribution is 9.10. The van der Waals surface area contributed by atoms with Crippen molar-refractivity contribution in [1.82, 2.24) is 9.58 Å². The van der Waals surface area contributed by atoms with Crippen molar-refractivity contribution in [2.24, 2.45) is 16.9 Å². The van der Waals surface area contributed by atoms with Crippen LogP contribution in [-0.4, -0.2) is 27.6 Å². The van der Waals surface area contributed by atoms with E-state index in [0.29, 0.717) is 0 Å². The monoisotopic (exact) mass is 563 g/mol. The van der Waals surface area contributed by atoms with Crippen molar-refractivity contribution >= 4 is 34.0 Å². The van der Waals surface area contributed by atoms with Crippen LogP contribution in [0.4, 0.5) is 0 Å². The summed E-state index contributed by atoms with van der Waals surface area (Å²) in [7, 11) is 0. The maximum absolute atomic E-state index is 13.8. The summed E-state index contributed by atoms with van der Waals surface area (Å²) in [5, 5.41) is 5.67. The van der Waals surface area contributed by atoms with E-state index in [1.54, 1.807) is 6.21 Å². The first-order chi connectivity index (χ1) is 18.4. The van der Waals surface area contributed by atoms with E-state index in [2.05, 4.69) is 75.0 Å². The number of imide groups is 1. The fourth-order valence-corrected chi connectivity index (χ4v) is 7.30. The Labute approximate surface area is 229 Å². The highest BCUT2D eigenvalue weighted by Gasteiger charge is 2.61. The Bertz CT molecular complexity index is 1590.